The highest BCUT2D eigenvalue weighted by atomic mass is 16.5. The molecule has 2 rings (SSSR count). The van der Waals surface area contributed by atoms with E-state index >= 15 is 0 Å². The van der Waals surface area contributed by atoms with Gasteiger partial charge < -0.3 is 25.5 Å². The van der Waals surface area contributed by atoms with Crippen LogP contribution in [-0.4, -0.2) is 41.3 Å². The van der Waals surface area contributed by atoms with Crippen molar-refractivity contribution in [2.24, 2.45) is 0 Å². The Kier molecular flexibility index (Phi) is 3.52. The number of anilines is 1. The van der Waals surface area contributed by atoms with E-state index in [2.05, 4.69) is 15.6 Å². The third-order valence-electron chi connectivity index (χ3n) is 2.80. The van der Waals surface area contributed by atoms with Crippen LogP contribution >= 0.6 is 0 Å². The molecule has 0 bridgehead atoms. The highest BCUT2D eigenvalue weighted by molar-refractivity contribution is 6.01. The molecule has 0 aliphatic carbocycles. The van der Waals surface area contributed by atoms with Gasteiger partial charge >= 0.3 is 12.0 Å². The van der Waals surface area contributed by atoms with Crippen LogP contribution in [0, 0.1) is 6.92 Å². The molecule has 0 spiro atoms. The molecule has 18 heavy (non-hydrogen) atoms. The summed E-state index contributed by atoms with van der Waals surface area (Å²) in [5, 5.41) is 14.3. The molecule has 1 aliphatic heterocycles. The lowest BCUT2D eigenvalue weighted by Crippen LogP contribution is -2.38. The molecule has 7 nitrogen and oxygen atoms in total. The van der Waals surface area contributed by atoms with Crippen molar-refractivity contribution in [2.45, 2.75) is 19.4 Å². The lowest BCUT2D eigenvalue weighted by molar-refractivity contribution is 0.0697. The number of hydrogen-bond donors (Lipinski definition) is 4. The van der Waals surface area contributed by atoms with E-state index in [0.717, 1.165) is 6.42 Å². The minimum Gasteiger partial charge on any atom is -0.478 e. The molecule has 1 aliphatic rings. The number of ether oxygens (including phenoxy) is 1. The van der Waals surface area contributed by atoms with Gasteiger partial charge in [-0.2, -0.15) is 0 Å². The highest BCUT2D eigenvalue weighted by Crippen LogP contribution is 2.18. The van der Waals surface area contributed by atoms with Gasteiger partial charge in [0.2, 0.25) is 0 Å². The van der Waals surface area contributed by atoms with Gasteiger partial charge in [-0.15, -0.1) is 0 Å². The number of carboxylic acids is 1. The summed E-state index contributed by atoms with van der Waals surface area (Å²) in [7, 11) is 0. The third-order valence-corrected chi connectivity index (χ3v) is 2.80. The molecule has 0 aromatic carbocycles. The molecule has 1 atom stereocenters. The van der Waals surface area contributed by atoms with Gasteiger partial charge in [0, 0.05) is 18.5 Å². The SMILES string of the molecule is Cc1[nH]cc(NC(=O)NC2CCOC2)c1C(=O)O. The number of amides is 2. The number of carboxylic acid groups (broad SMARTS) is 1. The Bertz CT molecular complexity index is 463. The van der Waals surface area contributed by atoms with Gasteiger partial charge in [0.15, 0.2) is 0 Å². The van der Waals surface area contributed by atoms with Crippen LogP contribution in [0.25, 0.3) is 0 Å². The summed E-state index contributed by atoms with van der Waals surface area (Å²) in [6, 6.07) is -0.440. The maximum absolute atomic E-state index is 11.7. The molecule has 1 aromatic heterocycles. The number of aromatic carboxylic acids is 1. The van der Waals surface area contributed by atoms with E-state index in [1.807, 2.05) is 0 Å². The largest absolute Gasteiger partial charge is 0.478 e. The number of rotatable bonds is 3. The Balaban J connectivity index is 2.00. The normalized spacial score (nSPS) is 18.6. The molecule has 2 heterocycles. The van der Waals surface area contributed by atoms with Gasteiger partial charge in [0.05, 0.1) is 18.3 Å². The van der Waals surface area contributed by atoms with Crippen LogP contribution in [0.4, 0.5) is 10.5 Å². The van der Waals surface area contributed by atoms with Crippen molar-refractivity contribution < 1.29 is 19.4 Å². The topological polar surface area (TPSA) is 103 Å². The quantitative estimate of drug-likeness (QED) is 0.643. The molecule has 7 heteroatoms. The maximum atomic E-state index is 11.7. The molecule has 2 amide bonds. The summed E-state index contributed by atoms with van der Waals surface area (Å²) >= 11 is 0. The summed E-state index contributed by atoms with van der Waals surface area (Å²) in [5.41, 5.74) is 0.839. The first-order valence-electron chi connectivity index (χ1n) is 5.64. The predicted octanol–water partition coefficient (Wildman–Crippen LogP) is 0.932. The maximum Gasteiger partial charge on any atom is 0.339 e. The molecule has 98 valence electrons. The first-order valence-corrected chi connectivity index (χ1v) is 5.64. The molecule has 1 aromatic rings. The number of H-pyrrole nitrogens is 1. The van der Waals surface area contributed by atoms with E-state index in [1.165, 1.54) is 6.20 Å². The zero-order valence-electron chi connectivity index (χ0n) is 9.95. The van der Waals surface area contributed by atoms with E-state index in [-0.39, 0.29) is 17.3 Å². The van der Waals surface area contributed by atoms with Gasteiger partial charge in [-0.1, -0.05) is 0 Å². The van der Waals surface area contributed by atoms with Gasteiger partial charge in [0.25, 0.3) is 0 Å². The number of hydrogen-bond acceptors (Lipinski definition) is 3. The molecule has 4 N–H and O–H groups in total. The van der Waals surface area contributed by atoms with E-state index in [4.69, 9.17) is 9.84 Å². The summed E-state index contributed by atoms with van der Waals surface area (Å²) in [5.74, 6) is -1.08. The smallest absolute Gasteiger partial charge is 0.339 e. The minimum absolute atomic E-state index is 0.0154. The zero-order chi connectivity index (χ0) is 13.1. The van der Waals surface area contributed by atoms with Crippen LogP contribution in [0.3, 0.4) is 0 Å². The standard InChI is InChI=1S/C11H15N3O4/c1-6-9(10(15)16)8(4-12-6)14-11(17)13-7-2-3-18-5-7/h4,7,12H,2-3,5H2,1H3,(H,15,16)(H2,13,14,17). The molecule has 1 unspecified atom stereocenters. The molecule has 1 fully saturated rings. The number of urea groups is 1. The van der Waals surface area contributed by atoms with Gasteiger partial charge in [-0.25, -0.2) is 9.59 Å². The zero-order valence-corrected chi connectivity index (χ0v) is 9.95. The van der Waals surface area contributed by atoms with Crippen molar-refractivity contribution in [3.05, 3.63) is 17.5 Å². The summed E-state index contributed by atoms with van der Waals surface area (Å²) in [4.78, 5) is 25.5. The van der Waals surface area contributed by atoms with Crippen molar-refractivity contribution >= 4 is 17.7 Å². The second kappa shape index (κ2) is 5.09. The van der Waals surface area contributed by atoms with Crippen LogP contribution < -0.4 is 10.6 Å². The fourth-order valence-corrected chi connectivity index (χ4v) is 1.89. The summed E-state index contributed by atoms with van der Waals surface area (Å²) in [6.45, 7) is 2.76. The average Bonchev–Trinajstić information content (AvgIpc) is 2.88. The van der Waals surface area contributed by atoms with Crippen LogP contribution in [0.5, 0.6) is 0 Å². The minimum atomic E-state index is -1.08. The Labute approximate surface area is 104 Å². The van der Waals surface area contributed by atoms with E-state index < -0.39 is 12.0 Å². The van der Waals surface area contributed by atoms with Crippen LogP contribution in [-0.2, 0) is 4.74 Å². The second-order valence-corrected chi connectivity index (χ2v) is 4.17. The lowest BCUT2D eigenvalue weighted by Gasteiger charge is -2.11. The van der Waals surface area contributed by atoms with Crippen molar-refractivity contribution in [1.29, 1.82) is 0 Å². The Morgan fingerprint density at radius 3 is 2.94 bits per heavy atom. The third kappa shape index (κ3) is 2.62. The van der Waals surface area contributed by atoms with Crippen molar-refractivity contribution in [3.8, 4) is 0 Å². The number of aromatic nitrogens is 1. The van der Waals surface area contributed by atoms with Crippen LogP contribution in [0.1, 0.15) is 22.5 Å². The number of nitrogens with one attached hydrogen (secondary N) is 3. The van der Waals surface area contributed by atoms with E-state index in [0.29, 0.717) is 18.9 Å². The summed E-state index contributed by atoms with van der Waals surface area (Å²) < 4.78 is 5.13. The van der Waals surface area contributed by atoms with Crippen molar-refractivity contribution in [1.82, 2.24) is 10.3 Å². The van der Waals surface area contributed by atoms with Gasteiger partial charge in [-0.3, -0.25) is 0 Å². The monoisotopic (exact) mass is 253 g/mol. The first kappa shape index (κ1) is 12.4. The molecular weight excluding hydrogens is 238 g/mol. The number of aromatic amines is 1. The number of aryl methyl sites for hydroxylation is 1. The second-order valence-electron chi connectivity index (χ2n) is 4.17. The van der Waals surface area contributed by atoms with Crippen LogP contribution in [0.15, 0.2) is 6.20 Å². The number of carbonyl (C=O) groups excluding carboxylic acids is 1. The van der Waals surface area contributed by atoms with Crippen LogP contribution in [0.2, 0.25) is 0 Å². The Hall–Kier alpha value is -2.02. The lowest BCUT2D eigenvalue weighted by atomic mass is 10.2. The molecule has 0 saturated carbocycles. The van der Waals surface area contributed by atoms with Crippen molar-refractivity contribution in [2.75, 3.05) is 18.5 Å². The summed E-state index contributed by atoms with van der Waals surface area (Å²) in [6.07, 6.45) is 2.23. The fourth-order valence-electron chi connectivity index (χ4n) is 1.89. The Morgan fingerprint density at radius 1 is 1.56 bits per heavy atom. The number of carbonyl (C=O) groups is 2. The molecule has 0 radical (unpaired) electrons. The first-order chi connectivity index (χ1) is 8.58. The molecule has 1 saturated heterocycles. The van der Waals surface area contributed by atoms with E-state index in [1.54, 1.807) is 6.92 Å². The fraction of sp³-hybridized carbons (Fsp3) is 0.455. The Morgan fingerprint density at radius 2 is 2.33 bits per heavy atom. The van der Waals surface area contributed by atoms with E-state index in [9.17, 15) is 9.59 Å². The van der Waals surface area contributed by atoms with Crippen molar-refractivity contribution in [3.63, 3.8) is 0 Å². The predicted molar refractivity (Wildman–Crippen MR) is 63.9 cm³/mol. The van der Waals surface area contributed by atoms with Gasteiger partial charge in [-0.05, 0) is 13.3 Å². The highest BCUT2D eigenvalue weighted by Gasteiger charge is 2.20. The molecular formula is C11H15N3O4. The van der Waals surface area contributed by atoms with Gasteiger partial charge in [0.1, 0.15) is 5.56 Å². The average molecular weight is 253 g/mol.